The van der Waals surface area contributed by atoms with Crippen molar-refractivity contribution < 1.29 is 14.7 Å². The van der Waals surface area contributed by atoms with Crippen LogP contribution >= 0.6 is 0 Å². The molecule has 2 aromatic carbocycles. The first-order valence-corrected chi connectivity index (χ1v) is 6.21. The fraction of sp³-hybridized carbons (Fsp3) is 0.125. The van der Waals surface area contributed by atoms with E-state index < -0.39 is 0 Å². The highest BCUT2D eigenvalue weighted by Gasteiger charge is 2.15. The summed E-state index contributed by atoms with van der Waals surface area (Å²) in [6, 6.07) is 16.6. The number of para-hydroxylation sites is 1. The molecule has 0 fully saturated rings. The zero-order valence-corrected chi connectivity index (χ0v) is 11.1. The van der Waals surface area contributed by atoms with E-state index in [2.05, 4.69) is 5.16 Å². The minimum Gasteiger partial charge on any atom is -0.488 e. The molecule has 2 aromatic rings. The molecule has 0 heterocycles. The van der Waals surface area contributed by atoms with E-state index in [1.807, 2.05) is 30.3 Å². The van der Waals surface area contributed by atoms with Crippen LogP contribution in [0.3, 0.4) is 0 Å². The number of hydrogen-bond donors (Lipinski definition) is 1. The van der Waals surface area contributed by atoms with Gasteiger partial charge in [0.2, 0.25) is 5.78 Å². The van der Waals surface area contributed by atoms with Gasteiger partial charge in [0.25, 0.3) is 0 Å². The zero-order valence-electron chi connectivity index (χ0n) is 11.1. The highest BCUT2D eigenvalue weighted by Crippen LogP contribution is 2.20. The standard InChI is InChI=1S/C16H15NO3/c1-12(17-19)16(18)14-9-5-6-10-15(14)20-11-13-7-3-2-4-8-13/h2-10,19H,11H2,1H3. The van der Waals surface area contributed by atoms with Crippen molar-refractivity contribution in [2.75, 3.05) is 0 Å². The summed E-state index contributed by atoms with van der Waals surface area (Å²) in [7, 11) is 0. The van der Waals surface area contributed by atoms with Crippen LogP contribution in [0.5, 0.6) is 5.75 Å². The third kappa shape index (κ3) is 3.23. The summed E-state index contributed by atoms with van der Waals surface area (Å²) in [6.07, 6.45) is 0. The SMILES string of the molecule is CC(=NO)C(=O)c1ccccc1OCc1ccccc1. The van der Waals surface area contributed by atoms with Crippen LogP contribution in [-0.2, 0) is 6.61 Å². The molecular weight excluding hydrogens is 254 g/mol. The number of rotatable bonds is 5. The molecule has 0 atom stereocenters. The average Bonchev–Trinajstić information content (AvgIpc) is 2.52. The maximum Gasteiger partial charge on any atom is 0.213 e. The summed E-state index contributed by atoms with van der Waals surface area (Å²) >= 11 is 0. The van der Waals surface area contributed by atoms with Crippen molar-refractivity contribution in [2.24, 2.45) is 5.16 Å². The van der Waals surface area contributed by atoms with Gasteiger partial charge in [0, 0.05) is 0 Å². The van der Waals surface area contributed by atoms with Gasteiger partial charge in [-0.2, -0.15) is 0 Å². The minimum atomic E-state index is -0.351. The van der Waals surface area contributed by atoms with Gasteiger partial charge in [0.1, 0.15) is 18.1 Å². The molecule has 0 unspecified atom stereocenters. The predicted octanol–water partition coefficient (Wildman–Crippen LogP) is 3.30. The molecule has 2 rings (SSSR count). The van der Waals surface area contributed by atoms with Gasteiger partial charge in [-0.3, -0.25) is 4.79 Å². The monoisotopic (exact) mass is 269 g/mol. The molecule has 0 aliphatic heterocycles. The Balaban J connectivity index is 2.18. The lowest BCUT2D eigenvalue weighted by molar-refractivity contribution is 0.105. The number of benzene rings is 2. The number of carbonyl (C=O) groups excluding carboxylic acids is 1. The second kappa shape index (κ2) is 6.52. The highest BCUT2D eigenvalue weighted by atomic mass is 16.5. The molecule has 0 saturated carbocycles. The average molecular weight is 269 g/mol. The predicted molar refractivity (Wildman–Crippen MR) is 76.4 cm³/mol. The van der Waals surface area contributed by atoms with Crippen LogP contribution in [0.1, 0.15) is 22.8 Å². The topological polar surface area (TPSA) is 58.9 Å². The van der Waals surface area contributed by atoms with Crippen LogP contribution in [0, 0.1) is 0 Å². The molecular formula is C16H15NO3. The number of nitrogens with zero attached hydrogens (tertiary/aromatic N) is 1. The molecule has 0 bridgehead atoms. The Kier molecular flexibility index (Phi) is 4.50. The molecule has 0 amide bonds. The summed E-state index contributed by atoms with van der Waals surface area (Å²) in [5, 5.41) is 11.6. The van der Waals surface area contributed by atoms with E-state index in [1.165, 1.54) is 6.92 Å². The largest absolute Gasteiger partial charge is 0.488 e. The Labute approximate surface area is 117 Å². The number of Topliss-reactive ketones (excluding diaryl/α,β-unsaturated/α-hetero) is 1. The van der Waals surface area contributed by atoms with Crippen molar-refractivity contribution in [3.05, 3.63) is 65.7 Å². The van der Waals surface area contributed by atoms with Crippen LogP contribution in [0.15, 0.2) is 59.8 Å². The smallest absolute Gasteiger partial charge is 0.213 e. The number of oxime groups is 1. The van der Waals surface area contributed by atoms with Gasteiger partial charge in [-0.1, -0.05) is 47.6 Å². The molecule has 4 nitrogen and oxygen atoms in total. The molecule has 1 N–H and O–H groups in total. The normalized spacial score (nSPS) is 11.2. The lowest BCUT2D eigenvalue weighted by Gasteiger charge is -2.10. The van der Waals surface area contributed by atoms with Crippen molar-refractivity contribution >= 4 is 11.5 Å². The number of ether oxygens (including phenoxy) is 1. The van der Waals surface area contributed by atoms with E-state index in [0.717, 1.165) is 5.56 Å². The molecule has 0 aliphatic carbocycles. The van der Waals surface area contributed by atoms with Crippen LogP contribution in [0.2, 0.25) is 0 Å². The van der Waals surface area contributed by atoms with Gasteiger partial charge in [0.15, 0.2) is 0 Å². The second-order valence-corrected chi connectivity index (χ2v) is 4.28. The summed E-state index contributed by atoms with van der Waals surface area (Å²) in [5.74, 6) is 0.125. The highest BCUT2D eigenvalue weighted by molar-refractivity contribution is 6.45. The van der Waals surface area contributed by atoms with Crippen molar-refractivity contribution in [1.29, 1.82) is 0 Å². The lowest BCUT2D eigenvalue weighted by Crippen LogP contribution is -2.12. The Hall–Kier alpha value is -2.62. The quantitative estimate of drug-likeness (QED) is 0.392. The molecule has 0 aromatic heterocycles. The van der Waals surface area contributed by atoms with E-state index in [1.54, 1.807) is 24.3 Å². The minimum absolute atomic E-state index is 0.0285. The molecule has 0 spiro atoms. The zero-order chi connectivity index (χ0) is 14.4. The maximum atomic E-state index is 12.0. The molecule has 0 aliphatic rings. The second-order valence-electron chi connectivity index (χ2n) is 4.28. The van der Waals surface area contributed by atoms with E-state index in [0.29, 0.717) is 17.9 Å². The van der Waals surface area contributed by atoms with Crippen molar-refractivity contribution in [1.82, 2.24) is 0 Å². The van der Waals surface area contributed by atoms with E-state index >= 15 is 0 Å². The third-order valence-corrected chi connectivity index (χ3v) is 2.85. The lowest BCUT2D eigenvalue weighted by atomic mass is 10.1. The van der Waals surface area contributed by atoms with E-state index in [9.17, 15) is 4.79 Å². The van der Waals surface area contributed by atoms with Gasteiger partial charge in [-0.25, -0.2) is 0 Å². The first-order valence-electron chi connectivity index (χ1n) is 6.21. The van der Waals surface area contributed by atoms with Gasteiger partial charge < -0.3 is 9.94 Å². The molecule has 0 saturated heterocycles. The van der Waals surface area contributed by atoms with E-state index in [4.69, 9.17) is 9.94 Å². The van der Waals surface area contributed by atoms with Gasteiger partial charge in [-0.05, 0) is 24.6 Å². The summed E-state index contributed by atoms with van der Waals surface area (Å²) in [6.45, 7) is 1.83. The van der Waals surface area contributed by atoms with Crippen molar-refractivity contribution in [3.8, 4) is 5.75 Å². The van der Waals surface area contributed by atoms with Crippen molar-refractivity contribution in [3.63, 3.8) is 0 Å². The third-order valence-electron chi connectivity index (χ3n) is 2.85. The first-order chi connectivity index (χ1) is 9.72. The Morgan fingerprint density at radius 3 is 2.45 bits per heavy atom. The van der Waals surface area contributed by atoms with Gasteiger partial charge >= 0.3 is 0 Å². The van der Waals surface area contributed by atoms with Gasteiger partial charge in [0.05, 0.1) is 5.56 Å². The number of carbonyl (C=O) groups is 1. The van der Waals surface area contributed by atoms with Crippen LogP contribution < -0.4 is 4.74 Å². The summed E-state index contributed by atoms with van der Waals surface area (Å²) in [4.78, 5) is 12.0. The Bertz CT molecular complexity index is 621. The maximum absolute atomic E-state index is 12.0. The first kappa shape index (κ1) is 13.8. The van der Waals surface area contributed by atoms with Crippen LogP contribution in [0.25, 0.3) is 0 Å². The summed E-state index contributed by atoms with van der Waals surface area (Å²) < 4.78 is 5.68. The van der Waals surface area contributed by atoms with E-state index in [-0.39, 0.29) is 11.5 Å². The Morgan fingerprint density at radius 1 is 1.10 bits per heavy atom. The Morgan fingerprint density at radius 2 is 1.75 bits per heavy atom. The van der Waals surface area contributed by atoms with Crippen LogP contribution in [-0.4, -0.2) is 16.7 Å². The molecule has 4 heteroatoms. The number of hydrogen-bond acceptors (Lipinski definition) is 4. The molecule has 102 valence electrons. The fourth-order valence-electron chi connectivity index (χ4n) is 1.76. The van der Waals surface area contributed by atoms with Crippen molar-refractivity contribution in [2.45, 2.75) is 13.5 Å². The molecule has 20 heavy (non-hydrogen) atoms. The van der Waals surface area contributed by atoms with Crippen LogP contribution in [0.4, 0.5) is 0 Å². The van der Waals surface area contributed by atoms with Gasteiger partial charge in [-0.15, -0.1) is 0 Å². The fourth-order valence-corrected chi connectivity index (χ4v) is 1.76. The molecule has 0 radical (unpaired) electrons. The summed E-state index contributed by atoms with van der Waals surface area (Å²) in [5.41, 5.74) is 1.43. The number of ketones is 1.